The van der Waals surface area contributed by atoms with Gasteiger partial charge >= 0.3 is 5.97 Å². The van der Waals surface area contributed by atoms with Crippen LogP contribution in [0.3, 0.4) is 0 Å². The normalized spacial score (nSPS) is 10.6. The molecule has 33 heavy (non-hydrogen) atoms. The molecule has 0 fully saturated rings. The lowest BCUT2D eigenvalue weighted by Crippen LogP contribution is -2.20. The molecule has 0 saturated carbocycles. The van der Waals surface area contributed by atoms with Crippen molar-refractivity contribution >= 4 is 57.1 Å². The van der Waals surface area contributed by atoms with Gasteiger partial charge in [-0.05, 0) is 35.5 Å². The Hall–Kier alpha value is -3.20. The van der Waals surface area contributed by atoms with Crippen LogP contribution in [-0.4, -0.2) is 28.0 Å². The van der Waals surface area contributed by atoms with Gasteiger partial charge in [-0.1, -0.05) is 60.1 Å². The Labute approximate surface area is 206 Å². The van der Waals surface area contributed by atoms with E-state index in [-0.39, 0.29) is 0 Å². The van der Waals surface area contributed by atoms with E-state index < -0.39 is 5.97 Å². The molecule has 0 amide bonds. The highest BCUT2D eigenvalue weighted by Crippen LogP contribution is 2.30. The second-order valence-electron chi connectivity index (χ2n) is 7.18. The Bertz CT molecular complexity index is 1270. The molecule has 0 atom stereocenters. The fraction of sp³-hybridized carbons (Fsp3) is 0.125. The fourth-order valence-electron chi connectivity index (χ4n) is 3.25. The zero-order valence-electron chi connectivity index (χ0n) is 17.7. The molecule has 4 rings (SSSR count). The van der Waals surface area contributed by atoms with Crippen LogP contribution in [0.4, 0.5) is 10.8 Å². The maximum Gasteiger partial charge on any atom is 0.340 e. The third kappa shape index (κ3) is 5.98. The number of halogens is 1. The summed E-state index contributed by atoms with van der Waals surface area (Å²) < 4.78 is 6.72. The first kappa shape index (κ1) is 23.0. The van der Waals surface area contributed by atoms with E-state index in [9.17, 15) is 4.79 Å². The Morgan fingerprint density at radius 1 is 1.12 bits per heavy atom. The highest BCUT2D eigenvalue weighted by molar-refractivity contribution is 7.80. The molecule has 2 N–H and O–H groups in total. The number of esters is 1. The lowest BCUT2D eigenvalue weighted by atomic mass is 10.1. The molecule has 9 heteroatoms. The number of rotatable bonds is 7. The minimum atomic E-state index is -0.417. The van der Waals surface area contributed by atoms with Crippen LogP contribution in [0.2, 0.25) is 5.02 Å². The lowest BCUT2D eigenvalue weighted by molar-refractivity contribution is 0.0602. The molecule has 0 aliphatic rings. The molecule has 6 nitrogen and oxygen atoms in total. The van der Waals surface area contributed by atoms with E-state index in [1.54, 1.807) is 4.68 Å². The van der Waals surface area contributed by atoms with E-state index in [1.807, 2.05) is 60.8 Å². The summed E-state index contributed by atoms with van der Waals surface area (Å²) >= 11 is 13.2. The molecular weight excluding hydrogens is 476 g/mol. The molecule has 2 aromatic carbocycles. The number of nitrogens with zero attached hydrogens (tertiary/aromatic N) is 2. The van der Waals surface area contributed by atoms with Crippen LogP contribution in [0.5, 0.6) is 0 Å². The van der Waals surface area contributed by atoms with Crippen molar-refractivity contribution in [2.24, 2.45) is 0 Å². The van der Waals surface area contributed by atoms with Crippen LogP contribution in [0.15, 0.2) is 72.9 Å². The SMILES string of the molecule is COC(=O)c1cc(Cc2ccccc2)sc1NC(=S)Nc1ccn(Cc2ccccc2Cl)n1. The van der Waals surface area contributed by atoms with Gasteiger partial charge in [-0.3, -0.25) is 4.68 Å². The number of anilines is 2. The lowest BCUT2D eigenvalue weighted by Gasteiger charge is -2.08. The van der Waals surface area contributed by atoms with E-state index in [1.165, 1.54) is 18.4 Å². The minimum Gasteiger partial charge on any atom is -0.465 e. The zero-order valence-corrected chi connectivity index (χ0v) is 20.1. The average Bonchev–Trinajstić information content (AvgIpc) is 3.42. The standard InChI is InChI=1S/C24H21ClN4O2S2/c1-31-23(30)19-14-18(13-16-7-3-2-4-8-16)33-22(19)27-24(32)26-21-11-12-29(28-21)15-17-9-5-6-10-20(17)25/h2-12,14H,13,15H2,1H3,(H2,26,27,28,32). The molecule has 168 valence electrons. The van der Waals surface area contributed by atoms with Gasteiger partial charge in [0.15, 0.2) is 10.9 Å². The van der Waals surface area contributed by atoms with Crippen LogP contribution in [-0.2, 0) is 17.7 Å². The van der Waals surface area contributed by atoms with Gasteiger partial charge in [0.25, 0.3) is 0 Å². The van der Waals surface area contributed by atoms with Crippen molar-refractivity contribution in [2.75, 3.05) is 17.7 Å². The molecular formula is C24H21ClN4O2S2. The van der Waals surface area contributed by atoms with Crippen molar-refractivity contribution in [3.05, 3.63) is 99.5 Å². The molecule has 0 aliphatic carbocycles. The number of benzene rings is 2. The van der Waals surface area contributed by atoms with Crippen molar-refractivity contribution in [1.82, 2.24) is 9.78 Å². The number of ether oxygens (including phenoxy) is 1. The summed E-state index contributed by atoms with van der Waals surface area (Å²) in [6.07, 6.45) is 2.56. The highest BCUT2D eigenvalue weighted by atomic mass is 35.5. The van der Waals surface area contributed by atoms with Crippen LogP contribution >= 0.6 is 35.2 Å². The number of thiocarbonyl (C=S) groups is 1. The Morgan fingerprint density at radius 2 is 1.88 bits per heavy atom. The Morgan fingerprint density at radius 3 is 2.64 bits per heavy atom. The first-order valence-electron chi connectivity index (χ1n) is 10.1. The Balaban J connectivity index is 1.44. The predicted octanol–water partition coefficient (Wildman–Crippen LogP) is 5.83. The van der Waals surface area contributed by atoms with E-state index in [0.717, 1.165) is 16.0 Å². The van der Waals surface area contributed by atoms with Gasteiger partial charge in [0, 0.05) is 28.6 Å². The van der Waals surface area contributed by atoms with Crippen LogP contribution < -0.4 is 10.6 Å². The predicted molar refractivity (Wildman–Crippen MR) is 138 cm³/mol. The average molecular weight is 497 g/mol. The molecule has 2 heterocycles. The maximum atomic E-state index is 12.3. The number of nitrogens with one attached hydrogen (secondary N) is 2. The van der Waals surface area contributed by atoms with Gasteiger partial charge < -0.3 is 15.4 Å². The summed E-state index contributed by atoms with van der Waals surface area (Å²) in [5.74, 6) is 0.167. The largest absolute Gasteiger partial charge is 0.465 e. The van der Waals surface area contributed by atoms with E-state index in [0.29, 0.717) is 39.5 Å². The van der Waals surface area contributed by atoms with Gasteiger partial charge in [-0.25, -0.2) is 4.79 Å². The highest BCUT2D eigenvalue weighted by Gasteiger charge is 2.18. The van der Waals surface area contributed by atoms with E-state index >= 15 is 0 Å². The van der Waals surface area contributed by atoms with Crippen LogP contribution in [0, 0.1) is 0 Å². The van der Waals surface area contributed by atoms with Crippen molar-refractivity contribution in [2.45, 2.75) is 13.0 Å². The van der Waals surface area contributed by atoms with Crippen LogP contribution in [0.1, 0.15) is 26.4 Å². The van der Waals surface area contributed by atoms with Crippen molar-refractivity contribution in [3.8, 4) is 0 Å². The van der Waals surface area contributed by atoms with Gasteiger partial charge in [0.05, 0.1) is 19.2 Å². The quantitative estimate of drug-likeness (QED) is 0.248. The van der Waals surface area contributed by atoms with Gasteiger partial charge in [0.1, 0.15) is 5.00 Å². The first-order chi connectivity index (χ1) is 16.0. The number of hydrogen-bond donors (Lipinski definition) is 2. The van der Waals surface area contributed by atoms with Crippen molar-refractivity contribution < 1.29 is 9.53 Å². The molecule has 0 bridgehead atoms. The molecule has 0 spiro atoms. The summed E-state index contributed by atoms with van der Waals surface area (Å²) in [5.41, 5.74) is 2.58. The number of methoxy groups -OCH3 is 1. The summed E-state index contributed by atoms with van der Waals surface area (Å²) in [5, 5.41) is 12.3. The number of hydrogen-bond acceptors (Lipinski definition) is 5. The maximum absolute atomic E-state index is 12.3. The first-order valence-corrected chi connectivity index (χ1v) is 11.7. The molecule has 4 aromatic rings. The van der Waals surface area contributed by atoms with Crippen molar-refractivity contribution in [1.29, 1.82) is 0 Å². The van der Waals surface area contributed by atoms with E-state index in [2.05, 4.69) is 27.9 Å². The van der Waals surface area contributed by atoms with Crippen LogP contribution in [0.25, 0.3) is 0 Å². The Kier molecular flexibility index (Phi) is 7.39. The van der Waals surface area contributed by atoms with Gasteiger partial charge in [-0.2, -0.15) is 5.10 Å². The summed E-state index contributed by atoms with van der Waals surface area (Å²) in [6, 6.07) is 21.4. The molecule has 0 aliphatic heterocycles. The summed E-state index contributed by atoms with van der Waals surface area (Å²) in [4.78, 5) is 13.3. The third-order valence-corrected chi connectivity index (χ3v) is 6.43. The topological polar surface area (TPSA) is 68.2 Å². The number of carbonyl (C=O) groups excluding carboxylic acids is 1. The second kappa shape index (κ2) is 10.6. The van der Waals surface area contributed by atoms with Gasteiger partial charge in [-0.15, -0.1) is 11.3 Å². The number of aromatic nitrogens is 2. The minimum absolute atomic E-state index is 0.330. The molecule has 2 aromatic heterocycles. The molecule has 0 radical (unpaired) electrons. The third-order valence-electron chi connectivity index (χ3n) is 4.81. The van der Waals surface area contributed by atoms with E-state index in [4.69, 9.17) is 28.6 Å². The van der Waals surface area contributed by atoms with Crippen molar-refractivity contribution in [3.63, 3.8) is 0 Å². The zero-order chi connectivity index (χ0) is 23.2. The van der Waals surface area contributed by atoms with Gasteiger partial charge in [0.2, 0.25) is 0 Å². The number of carbonyl (C=O) groups is 1. The number of thiophene rings is 1. The summed E-state index contributed by atoms with van der Waals surface area (Å²) in [7, 11) is 1.36. The summed E-state index contributed by atoms with van der Waals surface area (Å²) in [6.45, 7) is 0.543. The fourth-order valence-corrected chi connectivity index (χ4v) is 4.80. The molecule has 0 saturated heterocycles. The molecule has 0 unspecified atom stereocenters. The monoisotopic (exact) mass is 496 g/mol. The smallest absolute Gasteiger partial charge is 0.340 e. The second-order valence-corrected chi connectivity index (χ2v) is 9.13.